The van der Waals surface area contributed by atoms with Crippen LogP contribution < -0.4 is 5.73 Å². The minimum absolute atomic E-state index is 0.565. The van der Waals surface area contributed by atoms with Gasteiger partial charge in [-0.1, -0.05) is 15.9 Å². The number of nitrogens with two attached hydrogens (primary N) is 1. The topological polar surface area (TPSA) is 54.7 Å². The van der Waals surface area contributed by atoms with E-state index >= 15 is 0 Å². The van der Waals surface area contributed by atoms with Gasteiger partial charge in [-0.15, -0.1) is 0 Å². The van der Waals surface area contributed by atoms with Gasteiger partial charge in [-0.05, 0) is 24.6 Å². The van der Waals surface area contributed by atoms with E-state index in [0.717, 1.165) is 20.9 Å². The molecule has 0 saturated carbocycles. The van der Waals surface area contributed by atoms with Crippen molar-refractivity contribution in [3.8, 4) is 0 Å². The van der Waals surface area contributed by atoms with Crippen molar-refractivity contribution < 1.29 is 0 Å². The van der Waals surface area contributed by atoms with Gasteiger partial charge in [0.15, 0.2) is 5.82 Å². The maximum Gasteiger partial charge on any atom is 0.153 e. The van der Waals surface area contributed by atoms with Crippen LogP contribution in [0.25, 0.3) is 10.9 Å². The van der Waals surface area contributed by atoms with Crippen LogP contribution >= 0.6 is 15.9 Å². The summed E-state index contributed by atoms with van der Waals surface area (Å²) in [6, 6.07) is 3.99. The molecule has 3 N–H and O–H groups in total. The first-order valence-electron chi connectivity index (χ1n) is 3.58. The van der Waals surface area contributed by atoms with Crippen molar-refractivity contribution in [2.24, 2.45) is 0 Å². The summed E-state index contributed by atoms with van der Waals surface area (Å²) in [5, 5.41) is 7.81. The lowest BCUT2D eigenvalue weighted by Gasteiger charge is -1.96. The predicted molar refractivity (Wildman–Crippen MR) is 52.9 cm³/mol. The maximum absolute atomic E-state index is 5.67. The number of hydrogen-bond acceptors (Lipinski definition) is 2. The van der Waals surface area contributed by atoms with Crippen LogP contribution in [0.5, 0.6) is 0 Å². The molecule has 2 rings (SSSR count). The SMILES string of the molecule is Cc1cc(Br)cc2[nH]nc(N)c12. The van der Waals surface area contributed by atoms with Gasteiger partial charge in [-0.2, -0.15) is 5.10 Å². The summed E-state index contributed by atoms with van der Waals surface area (Å²) in [6.45, 7) is 2.01. The summed E-state index contributed by atoms with van der Waals surface area (Å²) in [4.78, 5) is 0. The van der Waals surface area contributed by atoms with E-state index in [1.807, 2.05) is 19.1 Å². The van der Waals surface area contributed by atoms with Crippen LogP contribution in [0.3, 0.4) is 0 Å². The minimum atomic E-state index is 0.565. The first-order valence-corrected chi connectivity index (χ1v) is 4.37. The number of benzene rings is 1. The molecular formula is C8H8BrN3. The second kappa shape index (κ2) is 2.48. The van der Waals surface area contributed by atoms with Gasteiger partial charge in [0.2, 0.25) is 0 Å². The summed E-state index contributed by atoms with van der Waals surface area (Å²) in [5.74, 6) is 0.565. The number of nitrogen functional groups attached to an aromatic ring is 1. The Morgan fingerprint density at radius 2 is 2.25 bits per heavy atom. The highest BCUT2D eigenvalue weighted by Crippen LogP contribution is 2.25. The zero-order chi connectivity index (χ0) is 8.72. The Bertz CT molecular complexity index is 433. The molecule has 3 nitrogen and oxygen atoms in total. The van der Waals surface area contributed by atoms with Crippen LogP contribution in [0.2, 0.25) is 0 Å². The fourth-order valence-corrected chi connectivity index (χ4v) is 1.92. The van der Waals surface area contributed by atoms with Crippen molar-refractivity contribution in [2.75, 3.05) is 5.73 Å². The lowest BCUT2D eigenvalue weighted by Crippen LogP contribution is -1.85. The van der Waals surface area contributed by atoms with E-state index in [1.54, 1.807) is 0 Å². The highest BCUT2D eigenvalue weighted by Gasteiger charge is 2.05. The van der Waals surface area contributed by atoms with Crippen LogP contribution in [-0.4, -0.2) is 10.2 Å². The van der Waals surface area contributed by atoms with Gasteiger partial charge in [-0.3, -0.25) is 5.10 Å². The standard InChI is InChI=1S/C8H8BrN3/c1-4-2-5(9)3-6-7(4)8(10)12-11-6/h2-3H,1H3,(H3,10,11,12). The van der Waals surface area contributed by atoms with E-state index in [-0.39, 0.29) is 0 Å². The molecule has 0 saturated heterocycles. The van der Waals surface area contributed by atoms with Crippen molar-refractivity contribution in [1.29, 1.82) is 0 Å². The van der Waals surface area contributed by atoms with Gasteiger partial charge in [0.1, 0.15) is 0 Å². The Kier molecular flexibility index (Phi) is 1.58. The van der Waals surface area contributed by atoms with E-state index in [2.05, 4.69) is 26.1 Å². The fraction of sp³-hybridized carbons (Fsp3) is 0.125. The molecule has 0 aliphatic heterocycles. The number of rotatable bonds is 0. The summed E-state index contributed by atoms with van der Waals surface area (Å²) >= 11 is 3.40. The van der Waals surface area contributed by atoms with Gasteiger partial charge in [0.05, 0.1) is 5.52 Å². The molecule has 1 aromatic carbocycles. The maximum atomic E-state index is 5.67. The summed E-state index contributed by atoms with van der Waals surface area (Å²) in [6.07, 6.45) is 0. The van der Waals surface area contributed by atoms with Crippen molar-refractivity contribution in [1.82, 2.24) is 10.2 Å². The van der Waals surface area contributed by atoms with E-state index in [4.69, 9.17) is 5.73 Å². The number of aryl methyl sites for hydroxylation is 1. The number of fused-ring (bicyclic) bond motifs is 1. The number of aromatic amines is 1. The van der Waals surface area contributed by atoms with E-state index in [1.165, 1.54) is 0 Å². The lowest BCUT2D eigenvalue weighted by molar-refractivity contribution is 1.13. The van der Waals surface area contributed by atoms with E-state index in [0.29, 0.717) is 5.82 Å². The molecule has 0 aliphatic rings. The summed E-state index contributed by atoms with van der Waals surface area (Å²) < 4.78 is 1.04. The van der Waals surface area contributed by atoms with Crippen molar-refractivity contribution in [3.05, 3.63) is 22.2 Å². The van der Waals surface area contributed by atoms with E-state index < -0.39 is 0 Å². The van der Waals surface area contributed by atoms with E-state index in [9.17, 15) is 0 Å². The average Bonchev–Trinajstić information content (AvgIpc) is 2.31. The molecule has 0 aliphatic carbocycles. The minimum Gasteiger partial charge on any atom is -0.382 e. The molecular weight excluding hydrogens is 218 g/mol. The smallest absolute Gasteiger partial charge is 0.153 e. The Balaban J connectivity index is 2.93. The van der Waals surface area contributed by atoms with Crippen LogP contribution in [0.15, 0.2) is 16.6 Å². The van der Waals surface area contributed by atoms with Gasteiger partial charge >= 0.3 is 0 Å². The van der Waals surface area contributed by atoms with Crippen LogP contribution in [-0.2, 0) is 0 Å². The first kappa shape index (κ1) is 7.61. The zero-order valence-electron chi connectivity index (χ0n) is 6.56. The molecule has 2 aromatic rings. The number of nitrogens with one attached hydrogen (secondary N) is 1. The summed E-state index contributed by atoms with van der Waals surface area (Å²) in [5.41, 5.74) is 7.77. The van der Waals surface area contributed by atoms with Gasteiger partial charge < -0.3 is 5.73 Å². The molecule has 0 amide bonds. The Morgan fingerprint density at radius 3 is 3.00 bits per heavy atom. The van der Waals surface area contributed by atoms with Crippen molar-refractivity contribution in [3.63, 3.8) is 0 Å². The number of H-pyrrole nitrogens is 1. The second-order valence-electron chi connectivity index (χ2n) is 2.75. The van der Waals surface area contributed by atoms with Crippen molar-refractivity contribution >= 4 is 32.7 Å². The third-order valence-electron chi connectivity index (χ3n) is 1.85. The second-order valence-corrected chi connectivity index (χ2v) is 3.67. The Hall–Kier alpha value is -1.03. The molecule has 0 bridgehead atoms. The number of aromatic nitrogens is 2. The van der Waals surface area contributed by atoms with Gasteiger partial charge in [0.25, 0.3) is 0 Å². The monoisotopic (exact) mass is 225 g/mol. The largest absolute Gasteiger partial charge is 0.382 e. The molecule has 12 heavy (non-hydrogen) atoms. The fourth-order valence-electron chi connectivity index (χ4n) is 1.35. The lowest BCUT2D eigenvalue weighted by atomic mass is 10.1. The molecule has 1 aromatic heterocycles. The number of hydrogen-bond donors (Lipinski definition) is 2. The summed E-state index contributed by atoms with van der Waals surface area (Å²) in [7, 11) is 0. The van der Waals surface area contributed by atoms with Crippen LogP contribution in [0.4, 0.5) is 5.82 Å². The third kappa shape index (κ3) is 0.992. The number of anilines is 1. The molecule has 0 radical (unpaired) electrons. The zero-order valence-corrected chi connectivity index (χ0v) is 8.14. The number of nitrogens with zero attached hydrogens (tertiary/aromatic N) is 1. The van der Waals surface area contributed by atoms with Gasteiger partial charge in [0, 0.05) is 9.86 Å². The van der Waals surface area contributed by atoms with Gasteiger partial charge in [-0.25, -0.2) is 0 Å². The molecule has 62 valence electrons. The molecule has 0 atom stereocenters. The first-order chi connectivity index (χ1) is 5.68. The molecule has 0 fully saturated rings. The molecule has 4 heteroatoms. The Labute approximate surface area is 78.1 Å². The van der Waals surface area contributed by atoms with Crippen molar-refractivity contribution in [2.45, 2.75) is 6.92 Å². The quantitative estimate of drug-likeness (QED) is 0.723. The third-order valence-corrected chi connectivity index (χ3v) is 2.31. The molecule has 0 spiro atoms. The van der Waals surface area contributed by atoms with Crippen LogP contribution in [0.1, 0.15) is 5.56 Å². The number of halogens is 1. The molecule has 0 unspecified atom stereocenters. The highest BCUT2D eigenvalue weighted by molar-refractivity contribution is 9.10. The Morgan fingerprint density at radius 1 is 1.50 bits per heavy atom. The predicted octanol–water partition coefficient (Wildman–Crippen LogP) is 2.22. The van der Waals surface area contributed by atoms with Crippen LogP contribution in [0, 0.1) is 6.92 Å². The molecule has 1 heterocycles. The average molecular weight is 226 g/mol. The normalized spacial score (nSPS) is 10.8. The highest BCUT2D eigenvalue weighted by atomic mass is 79.9.